The Morgan fingerprint density at radius 2 is 2.19 bits per heavy atom. The third kappa shape index (κ3) is 2.13. The van der Waals surface area contributed by atoms with E-state index in [9.17, 15) is 8.42 Å². The maximum Gasteiger partial charge on any atom is 0.217 e. The summed E-state index contributed by atoms with van der Waals surface area (Å²) < 4.78 is 30.5. The number of ether oxygens (including phenoxy) is 1. The fraction of sp³-hybridized carbons (Fsp3) is 0.875. The van der Waals surface area contributed by atoms with E-state index in [1.165, 1.54) is 4.31 Å². The largest absolute Gasteiger partial charge is 0.409 e. The number of oxime groups is 1. The van der Waals surface area contributed by atoms with E-state index >= 15 is 0 Å². The molecule has 0 amide bonds. The van der Waals surface area contributed by atoms with Gasteiger partial charge in [0, 0.05) is 13.1 Å². The lowest BCUT2D eigenvalue weighted by molar-refractivity contribution is 0.0354. The molecule has 1 saturated carbocycles. The van der Waals surface area contributed by atoms with E-state index in [1.54, 1.807) is 0 Å². The van der Waals surface area contributed by atoms with Crippen molar-refractivity contribution in [2.24, 2.45) is 10.9 Å². The van der Waals surface area contributed by atoms with Crippen LogP contribution in [0.2, 0.25) is 0 Å². The zero-order chi connectivity index (χ0) is 11.8. The first-order valence-corrected chi connectivity index (χ1v) is 6.64. The van der Waals surface area contributed by atoms with Gasteiger partial charge in [-0.2, -0.15) is 4.31 Å². The van der Waals surface area contributed by atoms with Gasteiger partial charge in [-0.25, -0.2) is 8.42 Å². The Morgan fingerprint density at radius 3 is 2.75 bits per heavy atom. The van der Waals surface area contributed by atoms with Crippen molar-refractivity contribution < 1.29 is 18.4 Å². The summed E-state index contributed by atoms with van der Waals surface area (Å²) in [7, 11) is -3.20. The third-order valence-corrected chi connectivity index (χ3v) is 5.15. The van der Waals surface area contributed by atoms with Gasteiger partial charge in [0.25, 0.3) is 0 Å². The molecule has 1 aliphatic carbocycles. The maximum absolute atomic E-state index is 11.9. The Hall–Kier alpha value is -0.860. The van der Waals surface area contributed by atoms with Crippen LogP contribution in [0.5, 0.6) is 0 Å². The van der Waals surface area contributed by atoms with Crippen molar-refractivity contribution in [2.45, 2.75) is 24.2 Å². The van der Waals surface area contributed by atoms with Crippen molar-refractivity contribution in [3.8, 4) is 0 Å². The van der Waals surface area contributed by atoms with Crippen LogP contribution in [-0.2, 0) is 14.8 Å². The van der Waals surface area contributed by atoms with Gasteiger partial charge in [-0.1, -0.05) is 5.16 Å². The molecule has 0 bridgehead atoms. The average Bonchev–Trinajstić information content (AvgIpc) is 3.12. The summed E-state index contributed by atoms with van der Waals surface area (Å²) in [5.74, 6) is -0.0873. The smallest absolute Gasteiger partial charge is 0.217 e. The molecule has 0 aromatic carbocycles. The lowest BCUT2D eigenvalue weighted by Gasteiger charge is -2.31. The molecule has 1 aliphatic heterocycles. The third-order valence-electron chi connectivity index (χ3n) is 2.78. The van der Waals surface area contributed by atoms with Crippen LogP contribution in [0.3, 0.4) is 0 Å². The van der Waals surface area contributed by atoms with Crippen molar-refractivity contribution in [3.63, 3.8) is 0 Å². The van der Waals surface area contributed by atoms with E-state index in [1.807, 2.05) is 0 Å². The van der Waals surface area contributed by atoms with Gasteiger partial charge in [0.05, 0.1) is 11.9 Å². The van der Waals surface area contributed by atoms with Crippen LogP contribution in [0.25, 0.3) is 0 Å². The van der Waals surface area contributed by atoms with Crippen LogP contribution >= 0.6 is 0 Å². The molecule has 0 aromatic rings. The lowest BCUT2D eigenvalue weighted by atomic mass is 10.3. The Kier molecular flexibility index (Phi) is 3.04. The summed E-state index contributed by atoms with van der Waals surface area (Å²) in [6.45, 7) is 0.746. The Bertz CT molecular complexity index is 390. The first kappa shape index (κ1) is 11.6. The fourth-order valence-corrected chi connectivity index (χ4v) is 3.50. The topological polar surface area (TPSA) is 105 Å². The normalized spacial score (nSPS) is 29.2. The minimum absolute atomic E-state index is 0.0873. The van der Waals surface area contributed by atoms with Crippen molar-refractivity contribution in [2.75, 3.05) is 19.7 Å². The average molecular weight is 249 g/mol. The zero-order valence-electron chi connectivity index (χ0n) is 8.74. The van der Waals surface area contributed by atoms with Crippen molar-refractivity contribution in [1.82, 2.24) is 4.31 Å². The number of amidine groups is 1. The number of hydrogen-bond acceptors (Lipinski definition) is 5. The van der Waals surface area contributed by atoms with Crippen LogP contribution in [0.1, 0.15) is 12.8 Å². The highest BCUT2D eigenvalue weighted by molar-refractivity contribution is 7.90. The molecule has 2 fully saturated rings. The molecule has 1 unspecified atom stereocenters. The van der Waals surface area contributed by atoms with E-state index in [-0.39, 0.29) is 24.2 Å². The van der Waals surface area contributed by atoms with E-state index in [0.29, 0.717) is 6.54 Å². The molecular weight excluding hydrogens is 234 g/mol. The highest BCUT2D eigenvalue weighted by Crippen LogP contribution is 2.31. The first-order chi connectivity index (χ1) is 7.55. The van der Waals surface area contributed by atoms with E-state index in [0.717, 1.165) is 12.8 Å². The number of morpholine rings is 1. The quantitative estimate of drug-likeness (QED) is 0.287. The molecule has 1 saturated heterocycles. The second kappa shape index (κ2) is 4.19. The fourth-order valence-electron chi connectivity index (χ4n) is 1.68. The van der Waals surface area contributed by atoms with E-state index in [4.69, 9.17) is 15.7 Å². The molecule has 92 valence electrons. The SMILES string of the molecule is NC(=NO)C1CN(S(=O)(=O)C2CC2)CCO1. The second-order valence-electron chi connectivity index (χ2n) is 3.99. The Balaban J connectivity index is 2.07. The summed E-state index contributed by atoms with van der Waals surface area (Å²) in [5, 5.41) is 11.1. The van der Waals surface area contributed by atoms with Crippen LogP contribution in [0.15, 0.2) is 5.16 Å². The summed E-state index contributed by atoms with van der Waals surface area (Å²) in [5.41, 5.74) is 5.40. The maximum atomic E-state index is 11.9. The number of hydrogen-bond donors (Lipinski definition) is 2. The highest BCUT2D eigenvalue weighted by Gasteiger charge is 2.42. The molecule has 1 heterocycles. The van der Waals surface area contributed by atoms with Gasteiger partial charge < -0.3 is 15.7 Å². The number of nitrogens with zero attached hydrogens (tertiary/aromatic N) is 2. The van der Waals surface area contributed by atoms with Gasteiger partial charge in [-0.3, -0.25) is 0 Å². The number of nitrogens with two attached hydrogens (primary N) is 1. The molecular formula is C8H15N3O4S. The summed E-state index contributed by atoms with van der Waals surface area (Å²) in [6.07, 6.45) is 0.814. The van der Waals surface area contributed by atoms with Gasteiger partial charge in [-0.15, -0.1) is 0 Å². The van der Waals surface area contributed by atoms with Crippen molar-refractivity contribution >= 4 is 15.9 Å². The molecule has 8 heteroatoms. The van der Waals surface area contributed by atoms with Crippen LogP contribution in [0, 0.1) is 0 Å². The van der Waals surface area contributed by atoms with Gasteiger partial charge in [-0.05, 0) is 12.8 Å². The van der Waals surface area contributed by atoms with E-state index < -0.39 is 16.1 Å². The monoisotopic (exact) mass is 249 g/mol. The predicted octanol–water partition coefficient (Wildman–Crippen LogP) is -1.07. The van der Waals surface area contributed by atoms with Crippen LogP contribution in [0.4, 0.5) is 0 Å². The minimum atomic E-state index is -3.20. The number of rotatable bonds is 3. The first-order valence-electron chi connectivity index (χ1n) is 5.13. The van der Waals surface area contributed by atoms with Crippen molar-refractivity contribution in [1.29, 1.82) is 0 Å². The van der Waals surface area contributed by atoms with Crippen LogP contribution in [-0.4, -0.2) is 54.8 Å². The van der Waals surface area contributed by atoms with Crippen LogP contribution < -0.4 is 5.73 Å². The molecule has 0 spiro atoms. The molecule has 1 atom stereocenters. The summed E-state index contributed by atoms with van der Waals surface area (Å²) in [4.78, 5) is 0. The second-order valence-corrected chi connectivity index (χ2v) is 6.20. The van der Waals surface area contributed by atoms with Gasteiger partial charge >= 0.3 is 0 Å². The standard InChI is InChI=1S/C8H15N3O4S/c9-8(10-12)7-5-11(3-4-15-7)16(13,14)6-1-2-6/h6-7,12H,1-5H2,(H2,9,10). The molecule has 16 heavy (non-hydrogen) atoms. The predicted molar refractivity (Wildman–Crippen MR) is 56.7 cm³/mol. The van der Waals surface area contributed by atoms with Gasteiger partial charge in [0.2, 0.25) is 10.0 Å². The summed E-state index contributed by atoms with van der Waals surface area (Å²) >= 11 is 0. The molecule has 0 radical (unpaired) electrons. The lowest BCUT2D eigenvalue weighted by Crippen LogP contribution is -2.51. The van der Waals surface area contributed by atoms with Gasteiger partial charge in [0.1, 0.15) is 6.10 Å². The Morgan fingerprint density at radius 1 is 1.50 bits per heavy atom. The Labute approximate surface area is 93.9 Å². The molecule has 0 aromatic heterocycles. The van der Waals surface area contributed by atoms with E-state index in [2.05, 4.69) is 5.16 Å². The molecule has 7 nitrogen and oxygen atoms in total. The van der Waals surface area contributed by atoms with Gasteiger partial charge in [0.15, 0.2) is 5.84 Å². The number of sulfonamides is 1. The summed E-state index contributed by atoms with van der Waals surface area (Å²) in [6, 6.07) is 0. The molecule has 2 rings (SSSR count). The molecule has 3 N–H and O–H groups in total. The minimum Gasteiger partial charge on any atom is -0.409 e. The zero-order valence-corrected chi connectivity index (χ0v) is 9.56. The molecule has 2 aliphatic rings. The van der Waals surface area contributed by atoms with Crippen molar-refractivity contribution in [3.05, 3.63) is 0 Å². The highest BCUT2D eigenvalue weighted by atomic mass is 32.2.